The molecule has 0 saturated heterocycles. The molecule has 0 bridgehead atoms. The van der Waals surface area contributed by atoms with Crippen molar-refractivity contribution < 1.29 is 18.3 Å². The summed E-state index contributed by atoms with van der Waals surface area (Å²) in [5, 5.41) is 8.91. The molecule has 1 aromatic rings. The van der Waals surface area contributed by atoms with Gasteiger partial charge in [0.25, 0.3) is 0 Å². The van der Waals surface area contributed by atoms with Crippen LogP contribution >= 0.6 is 15.9 Å². The maximum atomic E-state index is 12.0. The topological polar surface area (TPSA) is 83.5 Å². The van der Waals surface area contributed by atoms with Gasteiger partial charge >= 0.3 is 5.97 Å². The van der Waals surface area contributed by atoms with E-state index in [1.54, 1.807) is 6.92 Å². The van der Waals surface area contributed by atoms with Gasteiger partial charge in [0.2, 0.25) is 10.0 Å². The number of hydrogen-bond donors (Lipinski definition) is 2. The van der Waals surface area contributed by atoms with E-state index in [1.807, 2.05) is 0 Å². The number of halogens is 1. The molecule has 0 spiro atoms. The molecule has 0 aliphatic rings. The molecule has 0 saturated carbocycles. The van der Waals surface area contributed by atoms with Crippen LogP contribution in [0.25, 0.3) is 0 Å². The lowest BCUT2D eigenvalue weighted by atomic mass is 10.1. The summed E-state index contributed by atoms with van der Waals surface area (Å²) in [6, 6.07) is 2.50. The van der Waals surface area contributed by atoms with Gasteiger partial charge in [0.15, 0.2) is 0 Å². The molecular weight excluding hydrogens is 322 g/mol. The molecule has 0 aromatic heterocycles. The SMILES string of the molecule is C=CCNS(=O)(=O)c1cc(C(=O)O)cc(Br)c1C. The molecule has 18 heavy (non-hydrogen) atoms. The second-order valence-corrected chi connectivity index (χ2v) is 6.12. The molecule has 0 atom stereocenters. The number of aromatic carboxylic acids is 1. The fraction of sp³-hybridized carbons (Fsp3) is 0.182. The van der Waals surface area contributed by atoms with Crippen LogP contribution in [0.5, 0.6) is 0 Å². The summed E-state index contributed by atoms with van der Waals surface area (Å²) < 4.78 is 26.7. The average molecular weight is 334 g/mol. The molecule has 98 valence electrons. The van der Waals surface area contributed by atoms with Crippen LogP contribution in [0.1, 0.15) is 15.9 Å². The predicted octanol–water partition coefficient (Wildman–Crippen LogP) is 1.92. The molecule has 7 heteroatoms. The van der Waals surface area contributed by atoms with Crippen molar-refractivity contribution in [2.24, 2.45) is 0 Å². The standard InChI is InChI=1S/C11H12BrNO4S/c1-3-4-13-18(16,17)10-6-8(11(14)15)5-9(12)7(10)2/h3,5-6,13H,1,4H2,2H3,(H,14,15). The first kappa shape index (κ1) is 14.9. The minimum absolute atomic E-state index is 0.0591. The van der Waals surface area contributed by atoms with Crippen LogP contribution in [-0.2, 0) is 10.0 Å². The number of benzene rings is 1. The highest BCUT2D eigenvalue weighted by atomic mass is 79.9. The van der Waals surface area contributed by atoms with Crippen molar-refractivity contribution in [1.82, 2.24) is 4.72 Å². The Hall–Kier alpha value is -1.18. The number of carbonyl (C=O) groups is 1. The maximum absolute atomic E-state index is 12.0. The molecule has 1 aromatic carbocycles. The molecular formula is C11H12BrNO4S. The van der Waals surface area contributed by atoms with Crippen LogP contribution < -0.4 is 4.72 Å². The second-order valence-electron chi connectivity index (χ2n) is 3.53. The zero-order chi connectivity index (χ0) is 13.9. The molecule has 1 rings (SSSR count). The van der Waals surface area contributed by atoms with E-state index in [2.05, 4.69) is 27.2 Å². The monoisotopic (exact) mass is 333 g/mol. The van der Waals surface area contributed by atoms with E-state index >= 15 is 0 Å². The number of nitrogens with one attached hydrogen (secondary N) is 1. The summed E-state index contributed by atoms with van der Waals surface area (Å²) in [4.78, 5) is 10.8. The number of rotatable bonds is 5. The zero-order valence-corrected chi connectivity index (χ0v) is 12.0. The molecule has 0 unspecified atom stereocenters. The van der Waals surface area contributed by atoms with Gasteiger partial charge in [-0.1, -0.05) is 22.0 Å². The Kier molecular flexibility index (Phi) is 4.66. The Labute approximate surface area is 114 Å². The third kappa shape index (κ3) is 3.18. The summed E-state index contributed by atoms with van der Waals surface area (Å²) >= 11 is 3.15. The number of hydrogen-bond acceptors (Lipinski definition) is 3. The summed E-state index contributed by atoms with van der Waals surface area (Å²) in [7, 11) is -3.75. The third-order valence-electron chi connectivity index (χ3n) is 2.25. The van der Waals surface area contributed by atoms with Crippen LogP contribution in [0, 0.1) is 6.92 Å². The van der Waals surface area contributed by atoms with Crippen molar-refractivity contribution >= 4 is 31.9 Å². The molecule has 0 heterocycles. The van der Waals surface area contributed by atoms with E-state index < -0.39 is 16.0 Å². The fourth-order valence-electron chi connectivity index (χ4n) is 1.30. The van der Waals surface area contributed by atoms with E-state index in [-0.39, 0.29) is 17.0 Å². The average Bonchev–Trinajstić information content (AvgIpc) is 2.29. The zero-order valence-electron chi connectivity index (χ0n) is 9.60. The van der Waals surface area contributed by atoms with Gasteiger partial charge in [0.1, 0.15) is 0 Å². The maximum Gasteiger partial charge on any atom is 0.335 e. The van der Waals surface area contributed by atoms with Crippen LogP contribution in [0.3, 0.4) is 0 Å². The summed E-state index contributed by atoms with van der Waals surface area (Å²) in [6.07, 6.45) is 1.41. The van der Waals surface area contributed by atoms with Crippen molar-refractivity contribution in [1.29, 1.82) is 0 Å². The van der Waals surface area contributed by atoms with Gasteiger partial charge in [-0.05, 0) is 24.6 Å². The summed E-state index contributed by atoms with van der Waals surface area (Å²) in [6.45, 7) is 5.09. The van der Waals surface area contributed by atoms with Crippen LogP contribution in [0.4, 0.5) is 0 Å². The van der Waals surface area contributed by atoms with Crippen molar-refractivity contribution in [2.45, 2.75) is 11.8 Å². The van der Waals surface area contributed by atoms with E-state index in [0.29, 0.717) is 10.0 Å². The van der Waals surface area contributed by atoms with E-state index in [1.165, 1.54) is 12.1 Å². The lowest BCUT2D eigenvalue weighted by Gasteiger charge is -2.10. The quantitative estimate of drug-likeness (QED) is 0.806. The van der Waals surface area contributed by atoms with Gasteiger partial charge in [-0.3, -0.25) is 0 Å². The molecule has 5 nitrogen and oxygen atoms in total. The molecule has 0 aliphatic heterocycles. The minimum Gasteiger partial charge on any atom is -0.478 e. The van der Waals surface area contributed by atoms with Gasteiger partial charge in [-0.25, -0.2) is 17.9 Å². The first-order chi connectivity index (χ1) is 8.29. The Morgan fingerprint density at radius 3 is 2.67 bits per heavy atom. The largest absolute Gasteiger partial charge is 0.478 e. The van der Waals surface area contributed by atoms with Crippen molar-refractivity contribution in [3.05, 3.63) is 40.4 Å². The molecule has 0 aliphatic carbocycles. The van der Waals surface area contributed by atoms with Gasteiger partial charge < -0.3 is 5.11 Å². The molecule has 0 radical (unpaired) electrons. The first-order valence-electron chi connectivity index (χ1n) is 4.93. The molecule has 2 N–H and O–H groups in total. The summed E-state index contributed by atoms with van der Waals surface area (Å²) in [5.74, 6) is -1.18. The minimum atomic E-state index is -3.75. The van der Waals surface area contributed by atoms with Gasteiger partial charge in [-0.2, -0.15) is 0 Å². The highest BCUT2D eigenvalue weighted by molar-refractivity contribution is 9.10. The number of carboxylic acids is 1. The van der Waals surface area contributed by atoms with E-state index in [9.17, 15) is 13.2 Å². The lowest BCUT2D eigenvalue weighted by Crippen LogP contribution is -2.24. The highest BCUT2D eigenvalue weighted by Gasteiger charge is 2.20. The van der Waals surface area contributed by atoms with E-state index in [4.69, 9.17) is 5.11 Å². The van der Waals surface area contributed by atoms with Crippen LogP contribution in [0.15, 0.2) is 34.2 Å². The van der Waals surface area contributed by atoms with E-state index in [0.717, 1.165) is 6.07 Å². The number of sulfonamides is 1. The van der Waals surface area contributed by atoms with Gasteiger partial charge in [0.05, 0.1) is 10.5 Å². The smallest absolute Gasteiger partial charge is 0.335 e. The Morgan fingerprint density at radius 1 is 1.56 bits per heavy atom. The molecule has 0 amide bonds. The van der Waals surface area contributed by atoms with Crippen molar-refractivity contribution in [3.63, 3.8) is 0 Å². The summed E-state index contributed by atoms with van der Waals surface area (Å²) in [5.41, 5.74) is 0.364. The second kappa shape index (κ2) is 5.64. The lowest BCUT2D eigenvalue weighted by molar-refractivity contribution is 0.0696. The molecule has 0 fully saturated rings. The third-order valence-corrected chi connectivity index (χ3v) is 4.62. The Morgan fingerprint density at radius 2 is 2.17 bits per heavy atom. The van der Waals surface area contributed by atoms with Crippen molar-refractivity contribution in [3.8, 4) is 0 Å². The van der Waals surface area contributed by atoms with Gasteiger partial charge in [0, 0.05) is 11.0 Å². The number of carboxylic acid groups (broad SMARTS) is 1. The first-order valence-corrected chi connectivity index (χ1v) is 7.21. The predicted molar refractivity (Wildman–Crippen MR) is 71.2 cm³/mol. The van der Waals surface area contributed by atoms with Crippen LogP contribution in [0.2, 0.25) is 0 Å². The fourth-order valence-corrected chi connectivity index (χ4v) is 3.18. The van der Waals surface area contributed by atoms with Crippen LogP contribution in [-0.4, -0.2) is 26.0 Å². The Balaban J connectivity index is 3.39. The van der Waals surface area contributed by atoms with Crippen molar-refractivity contribution in [2.75, 3.05) is 6.54 Å². The normalized spacial score (nSPS) is 11.2. The highest BCUT2D eigenvalue weighted by Crippen LogP contribution is 2.25. The van der Waals surface area contributed by atoms with Gasteiger partial charge in [-0.15, -0.1) is 6.58 Å². The Bertz CT molecular complexity index is 595.